The van der Waals surface area contributed by atoms with Gasteiger partial charge in [0.05, 0.1) is 6.42 Å². The number of hydrogen-bond donors (Lipinski definition) is 1. The van der Waals surface area contributed by atoms with Crippen LogP contribution in [0.1, 0.15) is 48.1 Å². The van der Waals surface area contributed by atoms with Crippen LogP contribution in [0.25, 0.3) is 0 Å². The molecule has 0 aromatic heterocycles. The maximum Gasteiger partial charge on any atom is 0.243 e. The molecule has 0 aliphatic carbocycles. The van der Waals surface area contributed by atoms with E-state index in [1.807, 2.05) is 80.6 Å². The van der Waals surface area contributed by atoms with E-state index in [2.05, 4.69) is 41.2 Å². The van der Waals surface area contributed by atoms with Gasteiger partial charge in [0.1, 0.15) is 6.04 Å². The van der Waals surface area contributed by atoms with Gasteiger partial charge >= 0.3 is 0 Å². The summed E-state index contributed by atoms with van der Waals surface area (Å²) < 4.78 is 0.945. The summed E-state index contributed by atoms with van der Waals surface area (Å²) >= 11 is 3.54. The molecule has 3 rings (SSSR count). The number of benzene rings is 3. The maximum absolute atomic E-state index is 13.8. The van der Waals surface area contributed by atoms with E-state index in [1.165, 1.54) is 5.56 Å². The number of carbonyl (C=O) groups excluding carboxylic acids is 2. The van der Waals surface area contributed by atoms with Gasteiger partial charge in [-0.25, -0.2) is 0 Å². The first-order chi connectivity index (χ1) is 16.8. The lowest BCUT2D eigenvalue weighted by atomic mass is 10.00. The molecular formula is C30H35BrN2O2. The van der Waals surface area contributed by atoms with Crippen molar-refractivity contribution in [3.05, 3.63) is 105 Å². The molecule has 4 nitrogen and oxygen atoms in total. The van der Waals surface area contributed by atoms with Crippen molar-refractivity contribution < 1.29 is 9.59 Å². The molecule has 0 aliphatic heterocycles. The lowest BCUT2D eigenvalue weighted by Crippen LogP contribution is -2.52. The zero-order valence-corrected chi connectivity index (χ0v) is 22.6. The molecule has 3 aromatic rings. The molecule has 0 radical (unpaired) electrons. The van der Waals surface area contributed by atoms with Crippen LogP contribution in [0, 0.1) is 13.8 Å². The monoisotopic (exact) mass is 534 g/mol. The van der Waals surface area contributed by atoms with E-state index < -0.39 is 6.04 Å². The number of hydrogen-bond acceptors (Lipinski definition) is 2. The van der Waals surface area contributed by atoms with E-state index in [0.717, 1.165) is 33.1 Å². The van der Waals surface area contributed by atoms with E-state index in [4.69, 9.17) is 0 Å². The Kier molecular flexibility index (Phi) is 9.67. The van der Waals surface area contributed by atoms with Gasteiger partial charge in [-0.3, -0.25) is 9.59 Å². The van der Waals surface area contributed by atoms with Crippen LogP contribution in [0.2, 0.25) is 0 Å². The van der Waals surface area contributed by atoms with Crippen molar-refractivity contribution in [3.63, 3.8) is 0 Å². The standard InChI is InChI=1S/C30H35BrN2O2/c1-5-23(4)32-30(35)28(18-24-10-7-6-8-11-24)33(20-26-12-9-13-27(31)17-26)29(34)19-25-15-14-21(2)22(3)16-25/h6-17,23,28H,5,18-20H2,1-4H3,(H,32,35)/t23-,28-/m1/s1. The summed E-state index contributed by atoms with van der Waals surface area (Å²) in [6.07, 6.45) is 1.53. The summed E-state index contributed by atoms with van der Waals surface area (Å²) in [6.45, 7) is 8.51. The highest BCUT2D eigenvalue weighted by Crippen LogP contribution is 2.20. The molecule has 0 unspecified atom stereocenters. The van der Waals surface area contributed by atoms with Crippen LogP contribution in [-0.2, 0) is 29.0 Å². The number of halogens is 1. The number of carbonyl (C=O) groups is 2. The van der Waals surface area contributed by atoms with Gasteiger partial charge in [-0.1, -0.05) is 83.5 Å². The van der Waals surface area contributed by atoms with Crippen LogP contribution < -0.4 is 5.32 Å². The Labute approximate surface area is 217 Å². The lowest BCUT2D eigenvalue weighted by molar-refractivity contribution is -0.141. The number of nitrogens with zero attached hydrogens (tertiary/aromatic N) is 1. The Bertz CT molecular complexity index is 1150. The minimum absolute atomic E-state index is 0.0309. The minimum Gasteiger partial charge on any atom is -0.352 e. The second-order valence-electron chi connectivity index (χ2n) is 9.27. The van der Waals surface area contributed by atoms with Gasteiger partial charge in [0.15, 0.2) is 0 Å². The first-order valence-electron chi connectivity index (χ1n) is 12.2. The van der Waals surface area contributed by atoms with Crippen molar-refractivity contribution in [2.24, 2.45) is 0 Å². The van der Waals surface area contributed by atoms with Gasteiger partial charge in [-0.2, -0.15) is 0 Å². The molecule has 2 atom stereocenters. The fourth-order valence-corrected chi connectivity index (χ4v) is 4.46. The van der Waals surface area contributed by atoms with E-state index >= 15 is 0 Å². The quantitative estimate of drug-likeness (QED) is 0.338. The Morgan fingerprint density at radius 3 is 2.26 bits per heavy atom. The second-order valence-corrected chi connectivity index (χ2v) is 10.2. The molecule has 0 spiro atoms. The average Bonchev–Trinajstić information content (AvgIpc) is 2.84. The van der Waals surface area contributed by atoms with E-state index in [1.54, 1.807) is 4.90 Å². The van der Waals surface area contributed by atoms with E-state index in [-0.39, 0.29) is 24.3 Å². The third-order valence-corrected chi connectivity index (χ3v) is 6.93. The lowest BCUT2D eigenvalue weighted by Gasteiger charge is -2.32. The van der Waals surface area contributed by atoms with Gasteiger partial charge in [0.25, 0.3) is 0 Å². The molecular weight excluding hydrogens is 500 g/mol. The predicted octanol–water partition coefficient (Wildman–Crippen LogP) is 6.16. The van der Waals surface area contributed by atoms with Gasteiger partial charge in [-0.15, -0.1) is 0 Å². The number of nitrogens with one attached hydrogen (secondary N) is 1. The Morgan fingerprint density at radius 2 is 1.60 bits per heavy atom. The highest BCUT2D eigenvalue weighted by molar-refractivity contribution is 9.10. The van der Waals surface area contributed by atoms with Gasteiger partial charge < -0.3 is 10.2 Å². The van der Waals surface area contributed by atoms with Crippen molar-refractivity contribution in [1.82, 2.24) is 10.2 Å². The van der Waals surface area contributed by atoms with Crippen molar-refractivity contribution in [2.45, 2.75) is 65.6 Å². The molecule has 3 aromatic carbocycles. The van der Waals surface area contributed by atoms with Crippen molar-refractivity contribution in [2.75, 3.05) is 0 Å². The molecule has 184 valence electrons. The smallest absolute Gasteiger partial charge is 0.243 e. The summed E-state index contributed by atoms with van der Waals surface area (Å²) in [5, 5.41) is 3.12. The molecule has 0 saturated heterocycles. The molecule has 0 aliphatic rings. The summed E-state index contributed by atoms with van der Waals surface area (Å²) in [5.74, 6) is -0.180. The maximum atomic E-state index is 13.8. The normalized spacial score (nSPS) is 12.6. The predicted molar refractivity (Wildman–Crippen MR) is 146 cm³/mol. The van der Waals surface area contributed by atoms with Crippen LogP contribution in [0.4, 0.5) is 0 Å². The molecule has 35 heavy (non-hydrogen) atoms. The fraction of sp³-hybridized carbons (Fsp3) is 0.333. The third-order valence-electron chi connectivity index (χ3n) is 6.44. The summed E-state index contributed by atoms with van der Waals surface area (Å²) in [4.78, 5) is 29.1. The minimum atomic E-state index is -0.621. The van der Waals surface area contributed by atoms with E-state index in [9.17, 15) is 9.59 Å². The molecule has 0 fully saturated rings. The first kappa shape index (κ1) is 26.7. The zero-order chi connectivity index (χ0) is 25.4. The van der Waals surface area contributed by atoms with Crippen LogP contribution in [0.3, 0.4) is 0 Å². The summed E-state index contributed by atoms with van der Waals surface area (Å²) in [5.41, 5.74) is 5.31. The molecule has 5 heteroatoms. The second kappa shape index (κ2) is 12.7. The molecule has 0 saturated carbocycles. The topological polar surface area (TPSA) is 49.4 Å². The van der Waals surface area contributed by atoms with Crippen LogP contribution in [-0.4, -0.2) is 28.8 Å². The van der Waals surface area contributed by atoms with Crippen LogP contribution in [0.5, 0.6) is 0 Å². The van der Waals surface area contributed by atoms with Gasteiger partial charge in [-0.05, 0) is 67.1 Å². The SMILES string of the molecule is CC[C@@H](C)NC(=O)[C@@H](Cc1ccccc1)N(Cc1cccc(Br)c1)C(=O)Cc1ccc(C)c(C)c1. The number of rotatable bonds is 10. The fourth-order valence-electron chi connectivity index (χ4n) is 4.02. The van der Waals surface area contributed by atoms with Crippen LogP contribution >= 0.6 is 15.9 Å². The third kappa shape index (κ3) is 7.79. The van der Waals surface area contributed by atoms with E-state index in [0.29, 0.717) is 13.0 Å². The van der Waals surface area contributed by atoms with Gasteiger partial charge in [0.2, 0.25) is 11.8 Å². The summed E-state index contributed by atoms with van der Waals surface area (Å²) in [6, 6.07) is 23.3. The van der Waals surface area contributed by atoms with Gasteiger partial charge in [0, 0.05) is 23.5 Å². The number of aryl methyl sites for hydroxylation is 2. The van der Waals surface area contributed by atoms with Crippen LogP contribution in [0.15, 0.2) is 77.3 Å². The molecule has 2 amide bonds. The molecule has 0 heterocycles. The Balaban J connectivity index is 1.98. The largest absolute Gasteiger partial charge is 0.352 e. The average molecular weight is 536 g/mol. The van der Waals surface area contributed by atoms with Crippen molar-refractivity contribution >= 4 is 27.7 Å². The summed E-state index contributed by atoms with van der Waals surface area (Å²) in [7, 11) is 0. The Morgan fingerprint density at radius 1 is 0.886 bits per heavy atom. The highest BCUT2D eigenvalue weighted by Gasteiger charge is 2.31. The molecule has 0 bridgehead atoms. The first-order valence-corrected chi connectivity index (χ1v) is 13.0. The number of amides is 2. The Hall–Kier alpha value is -2.92. The highest BCUT2D eigenvalue weighted by atomic mass is 79.9. The van der Waals surface area contributed by atoms with Crippen molar-refractivity contribution in [3.8, 4) is 0 Å². The van der Waals surface area contributed by atoms with Crippen molar-refractivity contribution in [1.29, 1.82) is 0 Å². The molecule has 1 N–H and O–H groups in total. The zero-order valence-electron chi connectivity index (χ0n) is 21.1.